The zero-order chi connectivity index (χ0) is 12.3. The number of hydrogen-bond donors (Lipinski definition) is 1. The van der Waals surface area contributed by atoms with Gasteiger partial charge in [-0.3, -0.25) is 4.79 Å². The van der Waals surface area contributed by atoms with Crippen LogP contribution in [-0.4, -0.2) is 5.91 Å². The van der Waals surface area contributed by atoms with Gasteiger partial charge in [0.15, 0.2) is 0 Å². The molecule has 86 valence electrons. The number of thiophene rings is 1. The highest BCUT2D eigenvalue weighted by atomic mass is 32.1. The second-order valence-corrected chi connectivity index (χ2v) is 5.67. The van der Waals surface area contributed by atoms with E-state index in [0.29, 0.717) is 17.0 Å². The summed E-state index contributed by atoms with van der Waals surface area (Å²) in [5.41, 5.74) is 0.558. The van der Waals surface area contributed by atoms with Crippen molar-refractivity contribution in [2.24, 2.45) is 0 Å². The molecule has 4 heteroatoms. The zero-order valence-electron chi connectivity index (χ0n) is 10.0. The van der Waals surface area contributed by atoms with Gasteiger partial charge in [-0.15, -0.1) is 11.3 Å². The quantitative estimate of drug-likeness (QED) is 0.856. The molecule has 0 aliphatic rings. The van der Waals surface area contributed by atoms with E-state index in [1.54, 1.807) is 6.92 Å². The van der Waals surface area contributed by atoms with Crippen LogP contribution in [0.25, 0.3) is 0 Å². The van der Waals surface area contributed by atoms with E-state index in [9.17, 15) is 4.79 Å². The van der Waals surface area contributed by atoms with Crippen LogP contribution < -0.4 is 5.32 Å². The molecule has 1 aromatic rings. The molecule has 0 aromatic carbocycles. The lowest BCUT2D eigenvalue weighted by Gasteiger charge is -2.15. The Morgan fingerprint density at radius 3 is 2.62 bits per heavy atom. The predicted molar refractivity (Wildman–Crippen MR) is 66.7 cm³/mol. The third kappa shape index (κ3) is 2.83. The van der Waals surface area contributed by atoms with Crippen LogP contribution in [0.5, 0.6) is 0 Å². The lowest BCUT2D eigenvalue weighted by atomic mass is 9.94. The van der Waals surface area contributed by atoms with E-state index >= 15 is 0 Å². The highest BCUT2D eigenvalue weighted by Gasteiger charge is 2.20. The Morgan fingerprint density at radius 2 is 2.19 bits per heavy atom. The van der Waals surface area contributed by atoms with Crippen molar-refractivity contribution in [2.75, 3.05) is 5.32 Å². The Kier molecular flexibility index (Phi) is 3.71. The average molecular weight is 236 g/mol. The van der Waals surface area contributed by atoms with Gasteiger partial charge in [0, 0.05) is 11.3 Å². The SMILES string of the molecule is CCC(=O)Nc1sc(C(C)(C)C)cc1C#N. The van der Waals surface area contributed by atoms with Gasteiger partial charge in [0.25, 0.3) is 0 Å². The number of carbonyl (C=O) groups is 1. The smallest absolute Gasteiger partial charge is 0.224 e. The Labute approximate surface area is 100 Å². The van der Waals surface area contributed by atoms with Crippen LogP contribution in [0.15, 0.2) is 6.07 Å². The Balaban J connectivity index is 3.06. The van der Waals surface area contributed by atoms with Gasteiger partial charge >= 0.3 is 0 Å². The van der Waals surface area contributed by atoms with Gasteiger partial charge in [-0.2, -0.15) is 5.26 Å². The molecule has 0 atom stereocenters. The first kappa shape index (κ1) is 12.7. The van der Waals surface area contributed by atoms with Crippen molar-refractivity contribution in [2.45, 2.75) is 39.5 Å². The van der Waals surface area contributed by atoms with Gasteiger partial charge < -0.3 is 5.32 Å². The number of amides is 1. The normalized spacial score (nSPS) is 10.9. The van der Waals surface area contributed by atoms with Crippen LogP contribution in [0.2, 0.25) is 0 Å². The topological polar surface area (TPSA) is 52.9 Å². The first-order chi connectivity index (χ1) is 7.38. The van der Waals surface area contributed by atoms with Gasteiger partial charge in [-0.25, -0.2) is 0 Å². The number of nitrogens with zero attached hydrogens (tertiary/aromatic N) is 1. The van der Waals surface area contributed by atoms with Crippen molar-refractivity contribution in [3.8, 4) is 6.07 Å². The third-order valence-electron chi connectivity index (χ3n) is 2.17. The van der Waals surface area contributed by atoms with Gasteiger partial charge in [-0.05, 0) is 11.5 Å². The predicted octanol–water partition coefficient (Wildman–Crippen LogP) is 3.27. The summed E-state index contributed by atoms with van der Waals surface area (Å²) in [7, 11) is 0. The number of carbonyl (C=O) groups excluding carboxylic acids is 1. The van der Waals surface area contributed by atoms with Crippen LogP contribution in [-0.2, 0) is 10.2 Å². The van der Waals surface area contributed by atoms with E-state index in [2.05, 4.69) is 32.2 Å². The van der Waals surface area contributed by atoms with Crippen LogP contribution >= 0.6 is 11.3 Å². The molecule has 1 amide bonds. The van der Waals surface area contributed by atoms with Crippen molar-refractivity contribution in [3.63, 3.8) is 0 Å². The van der Waals surface area contributed by atoms with E-state index in [1.807, 2.05) is 6.07 Å². The van der Waals surface area contributed by atoms with Gasteiger partial charge in [0.1, 0.15) is 11.1 Å². The molecule has 0 saturated carbocycles. The first-order valence-corrected chi connectivity index (χ1v) is 6.04. The number of anilines is 1. The van der Waals surface area contributed by atoms with E-state index in [-0.39, 0.29) is 11.3 Å². The molecule has 0 fully saturated rings. The van der Waals surface area contributed by atoms with Crippen LogP contribution in [0.1, 0.15) is 44.6 Å². The summed E-state index contributed by atoms with van der Waals surface area (Å²) in [6, 6.07) is 3.97. The molecule has 16 heavy (non-hydrogen) atoms. The number of nitriles is 1. The molecular formula is C12H16N2OS. The Hall–Kier alpha value is -1.34. The maximum atomic E-state index is 11.3. The number of nitrogens with one attached hydrogen (secondary N) is 1. The lowest BCUT2D eigenvalue weighted by molar-refractivity contribution is -0.115. The fourth-order valence-corrected chi connectivity index (χ4v) is 2.23. The molecular weight excluding hydrogens is 220 g/mol. The van der Waals surface area contributed by atoms with E-state index in [1.165, 1.54) is 11.3 Å². The number of rotatable bonds is 2. The summed E-state index contributed by atoms with van der Waals surface area (Å²) >= 11 is 1.48. The average Bonchev–Trinajstić information content (AvgIpc) is 2.60. The van der Waals surface area contributed by atoms with Gasteiger partial charge in [0.2, 0.25) is 5.91 Å². The van der Waals surface area contributed by atoms with Crippen molar-refractivity contribution in [3.05, 3.63) is 16.5 Å². The van der Waals surface area contributed by atoms with Gasteiger partial charge in [-0.1, -0.05) is 27.7 Å². The Morgan fingerprint density at radius 1 is 1.56 bits per heavy atom. The lowest BCUT2D eigenvalue weighted by Crippen LogP contribution is -2.09. The van der Waals surface area contributed by atoms with Crippen LogP contribution in [0.4, 0.5) is 5.00 Å². The molecule has 1 aromatic heterocycles. The van der Waals surface area contributed by atoms with Crippen molar-refractivity contribution in [1.82, 2.24) is 0 Å². The first-order valence-electron chi connectivity index (χ1n) is 5.22. The van der Waals surface area contributed by atoms with Crippen molar-refractivity contribution in [1.29, 1.82) is 5.26 Å². The minimum Gasteiger partial charge on any atom is -0.317 e. The fourth-order valence-electron chi connectivity index (χ4n) is 1.15. The molecule has 0 aliphatic heterocycles. The second-order valence-electron chi connectivity index (χ2n) is 4.62. The molecule has 0 radical (unpaired) electrons. The third-order valence-corrected chi connectivity index (χ3v) is 3.64. The number of hydrogen-bond acceptors (Lipinski definition) is 3. The highest BCUT2D eigenvalue weighted by Crippen LogP contribution is 2.35. The fraction of sp³-hybridized carbons (Fsp3) is 0.500. The summed E-state index contributed by atoms with van der Waals surface area (Å²) in [6.45, 7) is 8.06. The largest absolute Gasteiger partial charge is 0.317 e. The maximum Gasteiger partial charge on any atom is 0.224 e. The summed E-state index contributed by atoms with van der Waals surface area (Å²) in [6.07, 6.45) is 0.424. The summed E-state index contributed by atoms with van der Waals surface area (Å²) < 4.78 is 0. The monoisotopic (exact) mass is 236 g/mol. The molecule has 1 rings (SSSR count). The summed E-state index contributed by atoms with van der Waals surface area (Å²) in [5.74, 6) is -0.0567. The molecule has 1 N–H and O–H groups in total. The molecule has 0 spiro atoms. The standard InChI is InChI=1S/C12H16N2OS/c1-5-10(15)14-11-8(7-13)6-9(16-11)12(2,3)4/h6H,5H2,1-4H3,(H,14,15). The minimum atomic E-state index is -0.0567. The molecule has 0 aliphatic carbocycles. The summed E-state index contributed by atoms with van der Waals surface area (Å²) in [5, 5.41) is 12.4. The molecule has 1 heterocycles. The van der Waals surface area contributed by atoms with Crippen LogP contribution in [0.3, 0.4) is 0 Å². The summed E-state index contributed by atoms with van der Waals surface area (Å²) in [4.78, 5) is 12.4. The molecule has 0 saturated heterocycles. The van der Waals surface area contributed by atoms with Crippen molar-refractivity contribution >= 4 is 22.2 Å². The molecule has 0 unspecified atom stereocenters. The second kappa shape index (κ2) is 4.67. The molecule has 0 bridgehead atoms. The highest BCUT2D eigenvalue weighted by molar-refractivity contribution is 7.16. The van der Waals surface area contributed by atoms with E-state index < -0.39 is 0 Å². The van der Waals surface area contributed by atoms with Crippen molar-refractivity contribution < 1.29 is 4.79 Å². The van der Waals surface area contributed by atoms with E-state index in [4.69, 9.17) is 5.26 Å². The maximum absolute atomic E-state index is 11.3. The van der Waals surface area contributed by atoms with Crippen LogP contribution in [0, 0.1) is 11.3 Å². The molecule has 3 nitrogen and oxygen atoms in total. The Bertz CT molecular complexity index is 435. The van der Waals surface area contributed by atoms with E-state index in [0.717, 1.165) is 4.88 Å². The van der Waals surface area contributed by atoms with Gasteiger partial charge in [0.05, 0.1) is 5.56 Å². The zero-order valence-corrected chi connectivity index (χ0v) is 10.9. The minimum absolute atomic E-state index is 0.00542.